The van der Waals surface area contributed by atoms with E-state index in [1.165, 1.54) is 16.7 Å². The van der Waals surface area contributed by atoms with Crippen molar-refractivity contribution in [2.24, 2.45) is 0 Å². The first-order valence-corrected chi connectivity index (χ1v) is 10.8. The molecule has 0 spiro atoms. The van der Waals surface area contributed by atoms with Gasteiger partial charge in [0.2, 0.25) is 5.82 Å². The van der Waals surface area contributed by atoms with Crippen molar-refractivity contribution in [2.75, 3.05) is 6.54 Å². The van der Waals surface area contributed by atoms with Crippen LogP contribution in [0.1, 0.15) is 46.0 Å². The average Bonchev–Trinajstić information content (AvgIpc) is 3.00. The lowest BCUT2D eigenvalue weighted by molar-refractivity contribution is 0.0447. The number of ether oxygens (including phenoxy) is 2. The van der Waals surface area contributed by atoms with E-state index in [1.807, 2.05) is 28.7 Å². The maximum atomic E-state index is 15.0. The molecule has 2 amide bonds. The Morgan fingerprint density at radius 1 is 1.28 bits per heavy atom. The van der Waals surface area contributed by atoms with Crippen LogP contribution < -0.4 is 15.4 Å². The fraction of sp³-hybridized carbons (Fsp3) is 0.429. The molecule has 0 aliphatic rings. The van der Waals surface area contributed by atoms with Gasteiger partial charge in [-0.05, 0) is 75.4 Å². The molecule has 0 fully saturated rings. The van der Waals surface area contributed by atoms with Crippen LogP contribution in [0.5, 0.6) is 5.75 Å². The van der Waals surface area contributed by atoms with Gasteiger partial charge in [0.1, 0.15) is 26.9 Å². The van der Waals surface area contributed by atoms with Gasteiger partial charge in [0.25, 0.3) is 0 Å². The summed E-state index contributed by atoms with van der Waals surface area (Å²) in [5.41, 5.74) is -2.13. The summed E-state index contributed by atoms with van der Waals surface area (Å²) in [5.74, 6) is -0.452. The summed E-state index contributed by atoms with van der Waals surface area (Å²) in [6.07, 6.45) is 0.145. The molecule has 2 aromatic rings. The molecule has 2 rings (SSSR count). The van der Waals surface area contributed by atoms with E-state index in [4.69, 9.17) is 9.47 Å². The molecule has 1 heterocycles. The van der Waals surface area contributed by atoms with E-state index in [0.29, 0.717) is 10.2 Å². The molecular formula is C21H25FIN5O4. The molecule has 9 nitrogen and oxygen atoms in total. The van der Waals surface area contributed by atoms with E-state index in [-0.39, 0.29) is 23.7 Å². The quantitative estimate of drug-likeness (QED) is 0.518. The molecule has 1 aromatic heterocycles. The van der Waals surface area contributed by atoms with Gasteiger partial charge in [-0.2, -0.15) is 5.26 Å². The molecule has 0 radical (unpaired) electrons. The van der Waals surface area contributed by atoms with E-state index < -0.39 is 29.1 Å². The number of carbonyl (C=O) groups excluding carboxylic acids is 2. The van der Waals surface area contributed by atoms with Crippen LogP contribution in [0.3, 0.4) is 0 Å². The Balaban J connectivity index is 2.51. The largest absolute Gasteiger partial charge is 0.444 e. The maximum Gasteiger partial charge on any atom is 0.412 e. The third-order valence-electron chi connectivity index (χ3n) is 4.17. The van der Waals surface area contributed by atoms with Gasteiger partial charge < -0.3 is 24.7 Å². The van der Waals surface area contributed by atoms with E-state index in [2.05, 4.69) is 15.6 Å². The van der Waals surface area contributed by atoms with Crippen molar-refractivity contribution in [1.29, 1.82) is 5.26 Å². The number of nitriles is 1. The van der Waals surface area contributed by atoms with E-state index in [0.717, 1.165) is 6.07 Å². The van der Waals surface area contributed by atoms with Gasteiger partial charge in [0, 0.05) is 18.3 Å². The standard InChI is InChI=1S/C21H25FIN5O4/c1-6-25-18(29)31-13-7-8-15(22)14(9-13)21(5,27-19(30)32-20(2,3)4)12-28-11-16(23)26-17(28)10-24/h7-9,11H,6,12H2,1-5H3,(H,25,29)(H,27,30). The van der Waals surface area contributed by atoms with Crippen LogP contribution in [0.15, 0.2) is 24.4 Å². The van der Waals surface area contributed by atoms with Gasteiger partial charge >= 0.3 is 12.2 Å². The van der Waals surface area contributed by atoms with Crippen LogP contribution in [0.25, 0.3) is 0 Å². The number of imidazole rings is 1. The van der Waals surface area contributed by atoms with Crippen molar-refractivity contribution in [3.63, 3.8) is 0 Å². The predicted molar refractivity (Wildman–Crippen MR) is 122 cm³/mol. The number of halogens is 2. The Morgan fingerprint density at radius 2 is 1.97 bits per heavy atom. The zero-order chi connectivity index (χ0) is 24.1. The molecular weight excluding hydrogens is 532 g/mol. The highest BCUT2D eigenvalue weighted by Crippen LogP contribution is 2.30. The van der Waals surface area contributed by atoms with Crippen LogP contribution in [0.2, 0.25) is 0 Å². The second kappa shape index (κ2) is 10.2. The van der Waals surface area contributed by atoms with Crippen molar-refractivity contribution < 1.29 is 23.5 Å². The van der Waals surface area contributed by atoms with Crippen molar-refractivity contribution in [2.45, 2.75) is 52.3 Å². The third-order valence-corrected chi connectivity index (χ3v) is 4.69. The minimum Gasteiger partial charge on any atom is -0.444 e. The number of hydrogen-bond acceptors (Lipinski definition) is 6. The van der Waals surface area contributed by atoms with Crippen molar-refractivity contribution in [3.05, 3.63) is 45.3 Å². The smallest absolute Gasteiger partial charge is 0.412 e. The molecule has 0 bridgehead atoms. The minimum atomic E-state index is -1.39. The number of alkyl carbamates (subject to hydrolysis) is 1. The van der Waals surface area contributed by atoms with Crippen LogP contribution >= 0.6 is 22.6 Å². The number of hydrogen-bond donors (Lipinski definition) is 2. The number of nitrogens with zero attached hydrogens (tertiary/aromatic N) is 3. The van der Waals surface area contributed by atoms with E-state index in [9.17, 15) is 19.2 Å². The molecule has 172 valence electrons. The zero-order valence-corrected chi connectivity index (χ0v) is 20.6. The van der Waals surface area contributed by atoms with Gasteiger partial charge in [0.15, 0.2) is 0 Å². The summed E-state index contributed by atoms with van der Waals surface area (Å²) in [6, 6.07) is 5.76. The van der Waals surface area contributed by atoms with Crippen molar-refractivity contribution in [3.8, 4) is 11.8 Å². The number of aromatic nitrogens is 2. The molecule has 0 saturated heterocycles. The number of rotatable bonds is 6. The predicted octanol–water partition coefficient (Wildman–Crippen LogP) is 4.05. The molecule has 1 atom stereocenters. The SMILES string of the molecule is CCNC(=O)Oc1ccc(F)c(C(C)(Cn2cc(I)nc2C#N)NC(=O)OC(C)(C)C)c1. The summed E-state index contributed by atoms with van der Waals surface area (Å²) >= 11 is 1.96. The lowest BCUT2D eigenvalue weighted by atomic mass is 9.91. The summed E-state index contributed by atoms with van der Waals surface area (Å²) in [4.78, 5) is 28.5. The highest BCUT2D eigenvalue weighted by Gasteiger charge is 2.35. The highest BCUT2D eigenvalue weighted by molar-refractivity contribution is 14.1. The lowest BCUT2D eigenvalue weighted by Crippen LogP contribution is -2.49. The van der Waals surface area contributed by atoms with Gasteiger partial charge in [-0.1, -0.05) is 0 Å². The zero-order valence-electron chi connectivity index (χ0n) is 18.5. The topological polar surface area (TPSA) is 118 Å². The molecule has 0 aliphatic carbocycles. The first-order valence-electron chi connectivity index (χ1n) is 9.76. The Kier molecular flexibility index (Phi) is 8.06. The van der Waals surface area contributed by atoms with Crippen LogP contribution in [0, 0.1) is 20.8 Å². The summed E-state index contributed by atoms with van der Waals surface area (Å²) in [6.45, 7) is 8.76. The van der Waals surface area contributed by atoms with Crippen LogP contribution in [0.4, 0.5) is 14.0 Å². The normalized spacial score (nSPS) is 12.9. The molecule has 11 heteroatoms. The van der Waals surface area contributed by atoms with Crippen molar-refractivity contribution >= 4 is 34.8 Å². The fourth-order valence-electron chi connectivity index (χ4n) is 2.93. The van der Waals surface area contributed by atoms with Gasteiger partial charge in [0.05, 0.1) is 12.1 Å². The van der Waals surface area contributed by atoms with Crippen LogP contribution in [-0.2, 0) is 16.8 Å². The highest BCUT2D eigenvalue weighted by atomic mass is 127. The van der Waals surface area contributed by atoms with Gasteiger partial charge in [-0.25, -0.2) is 19.0 Å². The van der Waals surface area contributed by atoms with E-state index >= 15 is 0 Å². The second-order valence-corrected chi connectivity index (χ2v) is 9.25. The first-order chi connectivity index (χ1) is 14.9. The molecule has 1 unspecified atom stereocenters. The first kappa shape index (κ1) is 25.4. The summed E-state index contributed by atoms with van der Waals surface area (Å²) in [5, 5.41) is 14.6. The monoisotopic (exact) mass is 557 g/mol. The number of amides is 2. The molecule has 0 saturated carbocycles. The van der Waals surface area contributed by atoms with Crippen LogP contribution in [-0.4, -0.2) is 33.9 Å². The minimum absolute atomic E-state index is 0.0351. The Hall–Kier alpha value is -2.88. The maximum absolute atomic E-state index is 15.0. The molecule has 2 N–H and O–H groups in total. The van der Waals surface area contributed by atoms with Crippen molar-refractivity contribution in [1.82, 2.24) is 20.2 Å². The lowest BCUT2D eigenvalue weighted by Gasteiger charge is -2.33. The molecule has 0 aliphatic heterocycles. The van der Waals surface area contributed by atoms with Gasteiger partial charge in [-0.15, -0.1) is 0 Å². The number of benzene rings is 1. The molecule has 1 aromatic carbocycles. The Labute approximate surface area is 199 Å². The summed E-state index contributed by atoms with van der Waals surface area (Å²) in [7, 11) is 0. The Bertz CT molecular complexity index is 1040. The number of carbonyl (C=O) groups is 2. The molecule has 32 heavy (non-hydrogen) atoms. The van der Waals surface area contributed by atoms with E-state index in [1.54, 1.807) is 40.8 Å². The van der Waals surface area contributed by atoms with Gasteiger partial charge in [-0.3, -0.25) is 0 Å². The third kappa shape index (κ3) is 6.81. The average molecular weight is 557 g/mol. The fourth-order valence-corrected chi connectivity index (χ4v) is 3.50. The summed E-state index contributed by atoms with van der Waals surface area (Å²) < 4.78 is 27.6. The second-order valence-electron chi connectivity index (χ2n) is 8.15. The number of nitrogens with one attached hydrogen (secondary N) is 2. The Morgan fingerprint density at radius 3 is 2.56 bits per heavy atom.